The summed E-state index contributed by atoms with van der Waals surface area (Å²) in [4.78, 5) is 13.1. The van der Waals surface area contributed by atoms with Gasteiger partial charge in [-0.15, -0.1) is 6.89 Å². The number of allylic oxidation sites excluding steroid dienone is 2. The van der Waals surface area contributed by atoms with Gasteiger partial charge in [-0.25, -0.2) is 0 Å². The predicted octanol–water partition coefficient (Wildman–Crippen LogP) is 12.8. The molecule has 4 saturated carbocycles. The molecule has 278 valence electrons. The van der Waals surface area contributed by atoms with Crippen LogP contribution in [0.15, 0.2) is 11.3 Å². The van der Waals surface area contributed by atoms with Crippen molar-refractivity contribution in [3.05, 3.63) is 11.3 Å². The fourth-order valence-electron chi connectivity index (χ4n) is 13.1. The van der Waals surface area contributed by atoms with E-state index >= 15 is 0 Å². The van der Waals surface area contributed by atoms with Gasteiger partial charge in [-0.2, -0.15) is 12.6 Å². The molecule has 5 aliphatic rings. The van der Waals surface area contributed by atoms with Crippen LogP contribution in [0.25, 0.3) is 0 Å². The Kier molecular flexibility index (Phi) is 13.8. The van der Waals surface area contributed by atoms with Gasteiger partial charge in [-0.3, -0.25) is 4.79 Å². The number of ether oxygens (including phenoxy) is 1. The molecule has 1 heterocycles. The van der Waals surface area contributed by atoms with Crippen LogP contribution in [-0.4, -0.2) is 41.9 Å². The first-order valence-electron chi connectivity index (χ1n) is 20.4. The van der Waals surface area contributed by atoms with Gasteiger partial charge < -0.3 is 4.74 Å². The first-order valence-corrected chi connectivity index (χ1v) is 23.2. The van der Waals surface area contributed by atoms with Gasteiger partial charge in [0.1, 0.15) is 5.76 Å². The molecule has 0 aromatic heterocycles. The topological polar surface area (TPSA) is 26.3 Å². The van der Waals surface area contributed by atoms with Crippen molar-refractivity contribution in [2.75, 3.05) is 19.4 Å². The van der Waals surface area contributed by atoms with Crippen molar-refractivity contribution in [1.29, 1.82) is 0 Å². The number of Topliss-reactive ketones (excluding diaryl/α,β-unsaturated/α-hetero) is 1. The van der Waals surface area contributed by atoms with E-state index in [2.05, 4.69) is 61.2 Å². The molecule has 1 aliphatic heterocycles. The fraction of sp³-hybridized carbons (Fsp3) is 0.909. The summed E-state index contributed by atoms with van der Waals surface area (Å²) < 4.78 is 6.00. The molecule has 5 fully saturated rings. The first kappa shape index (κ1) is 40.6. The maximum atomic E-state index is 13.1. The van der Waals surface area contributed by atoms with Crippen molar-refractivity contribution in [3.63, 3.8) is 0 Å². The summed E-state index contributed by atoms with van der Waals surface area (Å²) in [6, 6.07) is 0. The normalized spacial score (nSPS) is 41.1. The van der Waals surface area contributed by atoms with Crippen LogP contribution in [0, 0.1) is 64.1 Å². The van der Waals surface area contributed by atoms with Crippen molar-refractivity contribution >= 4 is 31.1 Å². The number of fused-ring (bicyclic) bond motifs is 5. The Balaban J connectivity index is 0.00000520. The quantitative estimate of drug-likeness (QED) is 0.0844. The molecule has 4 aliphatic carbocycles. The van der Waals surface area contributed by atoms with Crippen LogP contribution in [0.1, 0.15) is 160 Å². The molecule has 0 bridgehead atoms. The van der Waals surface area contributed by atoms with Gasteiger partial charge in [0.05, 0.1) is 7.11 Å². The van der Waals surface area contributed by atoms with Crippen molar-refractivity contribution in [3.8, 4) is 0 Å². The molecule has 12 unspecified atom stereocenters. The van der Waals surface area contributed by atoms with Gasteiger partial charge in [-0.05, 0) is 167 Å². The van der Waals surface area contributed by atoms with E-state index in [0.29, 0.717) is 27.9 Å². The lowest BCUT2D eigenvalue weighted by atomic mass is 9.44. The number of hydrogen-bond donors (Lipinski definition) is 1. The first-order chi connectivity index (χ1) is 22.3. The molecule has 13 atom stereocenters. The van der Waals surface area contributed by atoms with Gasteiger partial charge in [-0.1, -0.05) is 75.0 Å². The molecule has 0 N–H and O–H groups in total. The van der Waals surface area contributed by atoms with Crippen LogP contribution >= 0.6 is 19.5 Å². The van der Waals surface area contributed by atoms with Crippen molar-refractivity contribution in [2.24, 2.45) is 64.1 Å². The predicted molar refractivity (Wildman–Crippen MR) is 217 cm³/mol. The highest BCUT2D eigenvalue weighted by molar-refractivity contribution is 7.82. The number of rotatable bonds is 14. The molecule has 1 saturated heterocycles. The maximum absolute atomic E-state index is 13.1. The van der Waals surface area contributed by atoms with E-state index in [9.17, 15) is 4.79 Å². The zero-order valence-corrected chi connectivity index (χ0v) is 34.2. The molecule has 0 aromatic rings. The van der Waals surface area contributed by atoms with Gasteiger partial charge >= 0.3 is 0 Å². The Labute approximate surface area is 304 Å². The Morgan fingerprint density at radius 3 is 2.25 bits per heavy atom. The fourth-order valence-corrected chi connectivity index (χ4v) is 18.5. The molecule has 0 spiro atoms. The molecular weight excluding hydrogens is 624 g/mol. The highest BCUT2D eigenvalue weighted by Crippen LogP contribution is 2.75. The Bertz CT molecular complexity index is 1190. The van der Waals surface area contributed by atoms with E-state index in [1.54, 1.807) is 14.0 Å². The summed E-state index contributed by atoms with van der Waals surface area (Å²) in [5.74, 6) is 11.4. The summed E-state index contributed by atoms with van der Waals surface area (Å²) in [6.07, 6.45) is 21.7. The van der Waals surface area contributed by atoms with Crippen LogP contribution in [0.5, 0.6) is 0 Å². The molecule has 4 heteroatoms. The van der Waals surface area contributed by atoms with E-state index in [-0.39, 0.29) is 13.2 Å². The Morgan fingerprint density at radius 2 is 1.62 bits per heavy atom. The Morgan fingerprint density at radius 1 is 0.938 bits per heavy atom. The summed E-state index contributed by atoms with van der Waals surface area (Å²) >= 11 is 4.94. The molecule has 0 aromatic carbocycles. The largest absolute Gasteiger partial charge is 0.500 e. The molecule has 2 nitrogen and oxygen atoms in total. The number of carbonyl (C=O) groups is 1. The lowest BCUT2D eigenvalue weighted by Gasteiger charge is -2.61. The number of methoxy groups -OCH3 is 1. The molecule has 0 amide bonds. The number of thiol groups is 1. The van der Waals surface area contributed by atoms with Gasteiger partial charge in [0.2, 0.25) is 0 Å². The van der Waals surface area contributed by atoms with E-state index in [1.807, 2.05) is 0 Å². The number of ketones is 1. The molecular formula is C44H79O2PS. The smallest absolute Gasteiger partial charge is 0.159 e. The number of hydrogen-bond acceptors (Lipinski definition) is 3. The average molecular weight is 703 g/mol. The summed E-state index contributed by atoms with van der Waals surface area (Å²) in [5, 5.41) is 0.552. The minimum absolute atomic E-state index is 0. The zero-order chi connectivity index (χ0) is 34.3. The second kappa shape index (κ2) is 16.3. The number of carbonyl (C=O) groups excluding carboxylic acids is 1. The summed E-state index contributed by atoms with van der Waals surface area (Å²) in [7, 11) is 1.80. The van der Waals surface area contributed by atoms with Gasteiger partial charge in [0, 0.05) is 16.7 Å². The van der Waals surface area contributed by atoms with Crippen LogP contribution in [0.2, 0.25) is 0 Å². The van der Waals surface area contributed by atoms with Crippen LogP contribution in [0.4, 0.5) is 0 Å². The van der Waals surface area contributed by atoms with Crippen LogP contribution in [-0.2, 0) is 9.53 Å². The monoisotopic (exact) mass is 703 g/mol. The molecule has 5 rings (SSSR count). The third kappa shape index (κ3) is 7.65. The minimum Gasteiger partial charge on any atom is -0.500 e. The lowest BCUT2D eigenvalue weighted by Crippen LogP contribution is -2.54. The highest BCUT2D eigenvalue weighted by Gasteiger charge is 2.62. The second-order valence-corrected chi connectivity index (χ2v) is 23.3. The standard InChI is InChI=1S/C43H75O2PS.CH4/c1-11-13-30(6)41(45-10)35(31(7)44)26-46(24-12-2)27-39(46)32-20-22-42(8)33(25-32)15-16-34-37-18-17-36(43(37,9)23-21-38(34)42)29(5)14-19-40(47)28(3)4;/h24,28-30,32-34,36-40,47H,11-23,25-27H2,1-10H3;1H4/b41-35+;/t29-,30?,32?,33?,34?,36?,37?,38?,39?,40?,42?,43?,46?;/m1./s1. The van der Waals surface area contributed by atoms with E-state index in [1.165, 1.54) is 76.8 Å². The Hall–Kier alpha value is -0.140. The van der Waals surface area contributed by atoms with Crippen LogP contribution in [0.3, 0.4) is 0 Å². The lowest BCUT2D eigenvalue weighted by molar-refractivity contribution is -0.120. The van der Waals surface area contributed by atoms with E-state index < -0.39 is 6.89 Å². The van der Waals surface area contributed by atoms with E-state index in [4.69, 9.17) is 17.4 Å². The SMILES string of the molecule is C.CCC=P1(C/C(C(C)=O)=C(\OC)C(C)CCC)CC1C1CCC2(C)C(CCC3C2CCC2(C)C3CCC2[C@H](C)CCC(S)C(C)C)C1. The highest BCUT2D eigenvalue weighted by atomic mass is 32.1. The molecule has 48 heavy (non-hydrogen) atoms. The third-order valence-corrected chi connectivity index (χ3v) is 21.2. The van der Waals surface area contributed by atoms with Crippen molar-refractivity contribution in [2.45, 2.75) is 171 Å². The van der Waals surface area contributed by atoms with Gasteiger partial charge in [0.15, 0.2) is 5.78 Å². The summed E-state index contributed by atoms with van der Waals surface area (Å²) in [5.41, 5.74) is 3.01. The average Bonchev–Trinajstić information content (AvgIpc) is 3.60. The van der Waals surface area contributed by atoms with Crippen LogP contribution < -0.4 is 0 Å². The van der Waals surface area contributed by atoms with Crippen molar-refractivity contribution in [1.82, 2.24) is 0 Å². The van der Waals surface area contributed by atoms with E-state index in [0.717, 1.165) is 83.8 Å². The minimum atomic E-state index is -1.25. The van der Waals surface area contributed by atoms with Crippen molar-refractivity contribution < 1.29 is 9.53 Å². The third-order valence-electron chi connectivity index (χ3n) is 15.9. The second-order valence-electron chi connectivity index (χ2n) is 18.7. The summed E-state index contributed by atoms with van der Waals surface area (Å²) in [6.45, 7) is 20.2. The molecule has 0 radical (unpaired) electrons. The maximum Gasteiger partial charge on any atom is 0.159 e. The zero-order valence-electron chi connectivity index (χ0n) is 32.5. The van der Waals surface area contributed by atoms with Gasteiger partial charge in [0.25, 0.3) is 0 Å².